The number of nitrogens with one attached hydrogen (secondary N) is 1. The van der Waals surface area contributed by atoms with Gasteiger partial charge in [0.25, 0.3) is 0 Å². The van der Waals surface area contributed by atoms with Crippen molar-refractivity contribution in [2.24, 2.45) is 5.92 Å². The second-order valence-electron chi connectivity index (χ2n) is 10.4. The number of halogens is 3. The van der Waals surface area contributed by atoms with Gasteiger partial charge in [0.1, 0.15) is 6.04 Å². The van der Waals surface area contributed by atoms with Gasteiger partial charge in [-0.05, 0) is 66.8 Å². The van der Waals surface area contributed by atoms with Gasteiger partial charge >= 0.3 is 0 Å². The van der Waals surface area contributed by atoms with Crippen LogP contribution in [0.3, 0.4) is 0 Å². The number of rotatable bonds is 9. The number of ether oxygens (including phenoxy) is 1. The van der Waals surface area contributed by atoms with Gasteiger partial charge in [-0.25, -0.2) is 8.78 Å². The molecule has 0 radical (unpaired) electrons. The molecule has 0 spiro atoms. The quantitative estimate of drug-likeness (QED) is 0.354. The maximum atomic E-state index is 14.2. The Hall–Kier alpha value is -3.14. The zero-order chi connectivity index (χ0) is 28.2. The van der Waals surface area contributed by atoms with Crippen molar-refractivity contribution in [1.29, 1.82) is 0 Å². The van der Waals surface area contributed by atoms with E-state index in [2.05, 4.69) is 26.1 Å². The highest BCUT2D eigenvalue weighted by Crippen LogP contribution is 2.50. The molecule has 9 heteroatoms. The normalized spacial score (nSPS) is 19.6. The van der Waals surface area contributed by atoms with Crippen LogP contribution in [-0.4, -0.2) is 56.1 Å². The van der Waals surface area contributed by atoms with Gasteiger partial charge in [-0.1, -0.05) is 51.8 Å². The number of benzene rings is 3. The number of carbonyl (C=O) groups is 2. The number of morpholine rings is 1. The topological polar surface area (TPSA) is 61.9 Å². The lowest BCUT2D eigenvalue weighted by molar-refractivity contribution is -0.127. The molecule has 2 fully saturated rings. The number of carbonyl (C=O) groups excluding carboxylic acids is 2. The molecule has 40 heavy (non-hydrogen) atoms. The Labute approximate surface area is 241 Å². The van der Waals surface area contributed by atoms with Crippen molar-refractivity contribution in [1.82, 2.24) is 10.2 Å². The first kappa shape index (κ1) is 28.4. The Morgan fingerprint density at radius 3 is 2.40 bits per heavy atom. The molecule has 6 nitrogen and oxygen atoms in total. The Morgan fingerprint density at radius 2 is 1.73 bits per heavy atom. The molecule has 3 atom stereocenters. The van der Waals surface area contributed by atoms with Crippen molar-refractivity contribution in [3.63, 3.8) is 0 Å². The van der Waals surface area contributed by atoms with E-state index in [1.165, 1.54) is 6.07 Å². The van der Waals surface area contributed by atoms with Crippen molar-refractivity contribution in [3.05, 3.63) is 99.5 Å². The van der Waals surface area contributed by atoms with E-state index >= 15 is 0 Å². The summed E-state index contributed by atoms with van der Waals surface area (Å²) in [6, 6.07) is 17.7. The van der Waals surface area contributed by atoms with Crippen molar-refractivity contribution in [2.75, 3.05) is 44.3 Å². The lowest BCUT2D eigenvalue weighted by Gasteiger charge is -2.32. The number of anilines is 1. The Balaban J connectivity index is 1.44. The summed E-state index contributed by atoms with van der Waals surface area (Å²) in [5.41, 5.74) is 2.88. The molecule has 0 aromatic heterocycles. The van der Waals surface area contributed by atoms with Crippen LogP contribution >= 0.6 is 15.9 Å². The minimum Gasteiger partial charge on any atom is -0.379 e. The van der Waals surface area contributed by atoms with Crippen molar-refractivity contribution in [2.45, 2.75) is 25.3 Å². The summed E-state index contributed by atoms with van der Waals surface area (Å²) < 4.78 is 33.8. The molecule has 2 aliphatic rings. The number of hydrogen-bond acceptors (Lipinski definition) is 4. The van der Waals surface area contributed by atoms with E-state index in [1.54, 1.807) is 4.90 Å². The number of amides is 2. The molecule has 3 unspecified atom stereocenters. The van der Waals surface area contributed by atoms with Crippen LogP contribution < -0.4 is 10.2 Å². The highest BCUT2D eigenvalue weighted by Gasteiger charge is 2.48. The van der Waals surface area contributed by atoms with Crippen molar-refractivity contribution >= 4 is 33.4 Å². The third-order valence-electron chi connectivity index (χ3n) is 7.55. The van der Waals surface area contributed by atoms with E-state index in [0.29, 0.717) is 49.5 Å². The third kappa shape index (κ3) is 6.59. The molecule has 3 aromatic rings. The molecule has 1 aliphatic heterocycles. The second kappa shape index (κ2) is 12.6. The molecule has 1 N–H and O–H groups in total. The fraction of sp³-hybridized carbons (Fsp3) is 0.355. The summed E-state index contributed by atoms with van der Waals surface area (Å²) in [6.45, 7) is 6.04. The van der Waals surface area contributed by atoms with Crippen LogP contribution in [0.1, 0.15) is 35.1 Å². The summed E-state index contributed by atoms with van der Waals surface area (Å²) >= 11 is 3.46. The standard InChI is InChI=1S/C31H32BrF2N3O3/c1-20-2-9-24(10-3-20)37(31(39)26-19-25(26)22-6-11-27(33)28(34)18-22)29(21-4-7-23(32)8-5-21)30(38)35-12-13-36-14-16-40-17-15-36/h2-11,18,25-26,29H,12-17,19H2,1H3,(H,35,38). The first-order chi connectivity index (χ1) is 19.3. The summed E-state index contributed by atoms with van der Waals surface area (Å²) in [4.78, 5) is 31.9. The van der Waals surface area contributed by atoms with E-state index < -0.39 is 23.6 Å². The van der Waals surface area contributed by atoms with E-state index in [1.807, 2.05) is 55.5 Å². The zero-order valence-electron chi connectivity index (χ0n) is 22.3. The molecule has 1 aliphatic carbocycles. The van der Waals surface area contributed by atoms with Gasteiger partial charge in [0, 0.05) is 42.3 Å². The molecule has 1 heterocycles. The highest BCUT2D eigenvalue weighted by molar-refractivity contribution is 9.10. The van der Waals surface area contributed by atoms with E-state index in [0.717, 1.165) is 35.3 Å². The van der Waals surface area contributed by atoms with Crippen molar-refractivity contribution in [3.8, 4) is 0 Å². The van der Waals surface area contributed by atoms with Crippen LogP contribution in [-0.2, 0) is 14.3 Å². The van der Waals surface area contributed by atoms with Gasteiger partial charge in [0.2, 0.25) is 11.8 Å². The lowest BCUT2D eigenvalue weighted by Crippen LogP contribution is -2.47. The minimum atomic E-state index is -0.932. The molecular formula is C31H32BrF2N3O3. The zero-order valence-corrected chi connectivity index (χ0v) is 23.9. The maximum Gasteiger partial charge on any atom is 0.247 e. The van der Waals surface area contributed by atoms with Crippen LogP contribution in [0.5, 0.6) is 0 Å². The fourth-order valence-electron chi connectivity index (χ4n) is 5.19. The summed E-state index contributed by atoms with van der Waals surface area (Å²) in [5.74, 6) is -3.06. The van der Waals surface area contributed by atoms with Gasteiger partial charge in [-0.3, -0.25) is 19.4 Å². The smallest absolute Gasteiger partial charge is 0.247 e. The van der Waals surface area contributed by atoms with Gasteiger partial charge in [0.05, 0.1) is 13.2 Å². The number of aryl methyl sites for hydroxylation is 1. The Kier molecular flexibility index (Phi) is 8.93. The van der Waals surface area contributed by atoms with Gasteiger partial charge in [0.15, 0.2) is 11.6 Å². The molecular weight excluding hydrogens is 580 g/mol. The summed E-state index contributed by atoms with van der Waals surface area (Å²) in [7, 11) is 0. The van der Waals surface area contributed by atoms with Crippen LogP contribution in [0.4, 0.5) is 14.5 Å². The predicted molar refractivity (Wildman–Crippen MR) is 153 cm³/mol. The monoisotopic (exact) mass is 611 g/mol. The molecule has 3 aromatic carbocycles. The molecule has 1 saturated heterocycles. The van der Waals surface area contributed by atoms with Gasteiger partial charge in [-0.2, -0.15) is 0 Å². The van der Waals surface area contributed by atoms with E-state index in [-0.39, 0.29) is 17.7 Å². The fourth-order valence-corrected chi connectivity index (χ4v) is 5.45. The molecule has 1 saturated carbocycles. The molecule has 210 valence electrons. The maximum absolute atomic E-state index is 14.2. The molecule has 5 rings (SSSR count). The van der Waals surface area contributed by atoms with Gasteiger partial charge < -0.3 is 10.1 Å². The average Bonchev–Trinajstić information content (AvgIpc) is 3.76. The van der Waals surface area contributed by atoms with Gasteiger partial charge in [-0.15, -0.1) is 0 Å². The van der Waals surface area contributed by atoms with Crippen LogP contribution in [0.25, 0.3) is 0 Å². The summed E-state index contributed by atoms with van der Waals surface area (Å²) in [5, 5.41) is 3.06. The molecule has 2 amide bonds. The highest BCUT2D eigenvalue weighted by atomic mass is 79.9. The van der Waals surface area contributed by atoms with E-state index in [4.69, 9.17) is 4.74 Å². The first-order valence-electron chi connectivity index (χ1n) is 13.5. The lowest BCUT2D eigenvalue weighted by atomic mass is 10.0. The minimum absolute atomic E-state index is 0.227. The number of hydrogen-bond donors (Lipinski definition) is 1. The van der Waals surface area contributed by atoms with Crippen molar-refractivity contribution < 1.29 is 23.1 Å². The van der Waals surface area contributed by atoms with Crippen LogP contribution in [0, 0.1) is 24.5 Å². The number of nitrogens with zero attached hydrogens (tertiary/aromatic N) is 2. The second-order valence-corrected chi connectivity index (χ2v) is 11.3. The Morgan fingerprint density at radius 1 is 1.02 bits per heavy atom. The first-order valence-corrected chi connectivity index (χ1v) is 14.3. The Bertz CT molecular complexity index is 1350. The summed E-state index contributed by atoms with van der Waals surface area (Å²) in [6.07, 6.45) is 0.498. The van der Waals surface area contributed by atoms with Crippen LogP contribution in [0.15, 0.2) is 71.2 Å². The average molecular weight is 613 g/mol. The molecule has 0 bridgehead atoms. The van der Waals surface area contributed by atoms with E-state index in [9.17, 15) is 18.4 Å². The SMILES string of the molecule is Cc1ccc(N(C(=O)C2CC2c2ccc(F)c(F)c2)C(C(=O)NCCN2CCOCC2)c2ccc(Br)cc2)cc1. The largest absolute Gasteiger partial charge is 0.379 e. The third-order valence-corrected chi connectivity index (χ3v) is 8.08. The predicted octanol–water partition coefficient (Wildman–Crippen LogP) is 5.36. The van der Waals surface area contributed by atoms with Crippen LogP contribution in [0.2, 0.25) is 0 Å².